The molecule has 0 bridgehead atoms. The minimum atomic E-state index is -0.149. The van der Waals surface area contributed by atoms with Gasteiger partial charge in [0.15, 0.2) is 0 Å². The van der Waals surface area contributed by atoms with Crippen molar-refractivity contribution in [1.82, 2.24) is 4.90 Å². The molecule has 0 radical (unpaired) electrons. The summed E-state index contributed by atoms with van der Waals surface area (Å²) >= 11 is 6.51. The van der Waals surface area contributed by atoms with Crippen LogP contribution in [0, 0.1) is 0 Å². The fourth-order valence-electron chi connectivity index (χ4n) is 3.57. The highest BCUT2D eigenvalue weighted by Gasteiger charge is 2.31. The van der Waals surface area contributed by atoms with Crippen LogP contribution in [-0.4, -0.2) is 53.7 Å². The number of carbonyl (C=O) groups excluding carboxylic acids is 1. The summed E-state index contributed by atoms with van der Waals surface area (Å²) in [6.45, 7) is 4.27. The highest BCUT2D eigenvalue weighted by molar-refractivity contribution is 6.21. The predicted octanol–water partition coefficient (Wildman–Crippen LogP) is 4.68. The molecule has 0 aromatic rings. The van der Waals surface area contributed by atoms with Crippen LogP contribution in [-0.2, 0) is 9.53 Å². The van der Waals surface area contributed by atoms with Gasteiger partial charge in [0, 0.05) is 12.5 Å². The Labute approximate surface area is 164 Å². The van der Waals surface area contributed by atoms with Crippen LogP contribution >= 0.6 is 11.6 Å². The van der Waals surface area contributed by atoms with E-state index in [-0.39, 0.29) is 17.5 Å². The van der Waals surface area contributed by atoms with Gasteiger partial charge in [-0.3, -0.25) is 9.69 Å². The summed E-state index contributed by atoms with van der Waals surface area (Å²) < 4.78 is 4.64. The van der Waals surface area contributed by atoms with E-state index in [1.165, 1.54) is 20.0 Å². The first-order chi connectivity index (χ1) is 12.6. The highest BCUT2D eigenvalue weighted by atomic mass is 35.5. The molecule has 152 valence electrons. The molecular formula is C21H38ClNO3. The maximum absolute atomic E-state index is 11.1. The number of carbonyl (C=O) groups is 1. The zero-order chi connectivity index (χ0) is 19.2. The number of unbranched alkanes of at least 4 members (excludes halogenated alkanes) is 3. The molecule has 3 unspecified atom stereocenters. The lowest BCUT2D eigenvalue weighted by molar-refractivity contribution is -0.140. The van der Waals surface area contributed by atoms with Gasteiger partial charge in [0.1, 0.15) is 0 Å². The molecule has 26 heavy (non-hydrogen) atoms. The molecule has 1 saturated heterocycles. The Kier molecular flexibility index (Phi) is 13.1. The summed E-state index contributed by atoms with van der Waals surface area (Å²) in [6.07, 6.45) is 14.8. The van der Waals surface area contributed by atoms with Crippen molar-refractivity contribution >= 4 is 17.6 Å². The van der Waals surface area contributed by atoms with Gasteiger partial charge < -0.3 is 9.84 Å². The molecule has 1 aliphatic rings. The highest BCUT2D eigenvalue weighted by Crippen LogP contribution is 2.26. The molecule has 0 saturated carbocycles. The normalized spacial score (nSPS) is 22.2. The van der Waals surface area contributed by atoms with Crippen molar-refractivity contribution in [3.05, 3.63) is 12.2 Å². The minimum absolute atomic E-state index is 0.141. The third kappa shape index (κ3) is 9.94. The molecule has 0 aliphatic carbocycles. The number of hydrogen-bond donors (Lipinski definition) is 1. The largest absolute Gasteiger partial charge is 0.469 e. The molecule has 5 heteroatoms. The first-order valence-corrected chi connectivity index (χ1v) is 10.8. The van der Waals surface area contributed by atoms with Gasteiger partial charge in [-0.1, -0.05) is 38.3 Å². The third-order valence-corrected chi connectivity index (χ3v) is 5.73. The molecule has 0 spiro atoms. The molecule has 0 amide bonds. The molecule has 1 heterocycles. The van der Waals surface area contributed by atoms with E-state index in [2.05, 4.69) is 28.7 Å². The second-order valence-corrected chi connectivity index (χ2v) is 7.94. The van der Waals surface area contributed by atoms with Crippen molar-refractivity contribution < 1.29 is 14.6 Å². The number of esters is 1. The maximum atomic E-state index is 11.1. The quantitative estimate of drug-likeness (QED) is 0.203. The summed E-state index contributed by atoms with van der Waals surface area (Å²) in [5.74, 6) is -0.141. The number of methoxy groups -OCH3 is 1. The summed E-state index contributed by atoms with van der Waals surface area (Å²) in [5.41, 5.74) is 0. The molecular weight excluding hydrogens is 350 g/mol. The van der Waals surface area contributed by atoms with Crippen LogP contribution < -0.4 is 0 Å². The number of alkyl halides is 1. The standard InChI is InChI=1S/C21H38ClNO3/c1-3-4-7-11-18(24)12-10-16-23-17-15-19(22)20(23)13-8-5-6-9-14-21(25)26-2/h5,8,18-20,24H,3-4,6-7,9-17H2,1-2H3/b8-5-. The number of halogens is 1. The monoisotopic (exact) mass is 387 g/mol. The predicted molar refractivity (Wildman–Crippen MR) is 109 cm³/mol. The topological polar surface area (TPSA) is 49.8 Å². The van der Waals surface area contributed by atoms with Crippen LogP contribution in [0.2, 0.25) is 0 Å². The molecule has 1 fully saturated rings. The Balaban J connectivity index is 2.21. The number of aliphatic hydroxyl groups is 1. The molecule has 0 aromatic carbocycles. The van der Waals surface area contributed by atoms with Crippen molar-refractivity contribution in [2.45, 2.75) is 95.1 Å². The maximum Gasteiger partial charge on any atom is 0.305 e. The molecule has 0 aromatic heterocycles. The van der Waals surface area contributed by atoms with Crippen LogP contribution in [0.5, 0.6) is 0 Å². The number of ether oxygens (including phenoxy) is 1. The van der Waals surface area contributed by atoms with E-state index in [0.717, 1.165) is 64.5 Å². The van der Waals surface area contributed by atoms with Gasteiger partial charge in [-0.25, -0.2) is 0 Å². The Morgan fingerprint density at radius 1 is 1.27 bits per heavy atom. The van der Waals surface area contributed by atoms with E-state index in [9.17, 15) is 9.90 Å². The van der Waals surface area contributed by atoms with E-state index >= 15 is 0 Å². The number of nitrogens with zero attached hydrogens (tertiary/aromatic N) is 1. The summed E-state index contributed by atoms with van der Waals surface area (Å²) in [7, 11) is 1.43. The fourth-order valence-corrected chi connectivity index (χ4v) is 3.93. The average Bonchev–Trinajstić information content (AvgIpc) is 2.98. The molecule has 1 aliphatic heterocycles. The fraction of sp³-hybridized carbons (Fsp3) is 0.857. The van der Waals surface area contributed by atoms with Crippen molar-refractivity contribution in [2.24, 2.45) is 0 Å². The summed E-state index contributed by atoms with van der Waals surface area (Å²) in [4.78, 5) is 13.6. The zero-order valence-corrected chi connectivity index (χ0v) is 17.4. The Bertz CT molecular complexity index is 403. The van der Waals surface area contributed by atoms with Gasteiger partial charge in [-0.05, 0) is 58.0 Å². The van der Waals surface area contributed by atoms with E-state index in [0.29, 0.717) is 12.5 Å². The number of rotatable bonds is 14. The zero-order valence-electron chi connectivity index (χ0n) is 16.7. The van der Waals surface area contributed by atoms with Crippen LogP contribution in [0.15, 0.2) is 12.2 Å². The van der Waals surface area contributed by atoms with Crippen molar-refractivity contribution in [3.63, 3.8) is 0 Å². The van der Waals surface area contributed by atoms with Crippen LogP contribution in [0.25, 0.3) is 0 Å². The Morgan fingerprint density at radius 3 is 2.77 bits per heavy atom. The minimum Gasteiger partial charge on any atom is -0.469 e. The Hall–Kier alpha value is -0.580. The van der Waals surface area contributed by atoms with Gasteiger partial charge in [-0.2, -0.15) is 0 Å². The first kappa shape index (κ1) is 23.5. The van der Waals surface area contributed by atoms with Gasteiger partial charge in [0.05, 0.1) is 18.6 Å². The first-order valence-electron chi connectivity index (χ1n) is 10.4. The van der Waals surface area contributed by atoms with E-state index in [4.69, 9.17) is 11.6 Å². The van der Waals surface area contributed by atoms with E-state index in [1.807, 2.05) is 0 Å². The van der Waals surface area contributed by atoms with Crippen molar-refractivity contribution in [1.29, 1.82) is 0 Å². The lowest BCUT2D eigenvalue weighted by Gasteiger charge is -2.25. The molecule has 1 rings (SSSR count). The lowest BCUT2D eigenvalue weighted by Crippen LogP contribution is -2.34. The van der Waals surface area contributed by atoms with Gasteiger partial charge in [0.25, 0.3) is 0 Å². The number of allylic oxidation sites excluding steroid dienone is 1. The second kappa shape index (κ2) is 14.5. The van der Waals surface area contributed by atoms with E-state index < -0.39 is 0 Å². The SMILES string of the molecule is CCCCCC(O)CCCN1CCC(Cl)C1C/C=C\CCCC(=O)OC. The average molecular weight is 388 g/mol. The second-order valence-electron chi connectivity index (χ2n) is 7.38. The number of aliphatic hydroxyl groups excluding tert-OH is 1. The summed E-state index contributed by atoms with van der Waals surface area (Å²) in [5, 5.41) is 10.3. The Morgan fingerprint density at radius 2 is 2.04 bits per heavy atom. The van der Waals surface area contributed by atoms with Crippen LogP contribution in [0.4, 0.5) is 0 Å². The van der Waals surface area contributed by atoms with Crippen LogP contribution in [0.1, 0.15) is 77.6 Å². The van der Waals surface area contributed by atoms with E-state index in [1.54, 1.807) is 0 Å². The van der Waals surface area contributed by atoms with Crippen LogP contribution in [0.3, 0.4) is 0 Å². The smallest absolute Gasteiger partial charge is 0.305 e. The van der Waals surface area contributed by atoms with Gasteiger partial charge in [0.2, 0.25) is 0 Å². The molecule has 3 atom stereocenters. The summed E-state index contributed by atoms with van der Waals surface area (Å²) in [6, 6.07) is 0.394. The van der Waals surface area contributed by atoms with Gasteiger partial charge >= 0.3 is 5.97 Å². The van der Waals surface area contributed by atoms with Crippen molar-refractivity contribution in [2.75, 3.05) is 20.2 Å². The number of likely N-dealkylation sites (tertiary alicyclic amines) is 1. The third-order valence-electron chi connectivity index (χ3n) is 5.23. The van der Waals surface area contributed by atoms with Gasteiger partial charge in [-0.15, -0.1) is 11.6 Å². The molecule has 4 nitrogen and oxygen atoms in total. The number of hydrogen-bond acceptors (Lipinski definition) is 4. The lowest BCUT2D eigenvalue weighted by atomic mass is 10.1. The van der Waals surface area contributed by atoms with Crippen molar-refractivity contribution in [3.8, 4) is 0 Å². The molecule has 1 N–H and O–H groups in total.